The predicted octanol–water partition coefficient (Wildman–Crippen LogP) is 4.27. The number of nitrogens with one attached hydrogen (secondary N) is 1. The zero-order valence-electron chi connectivity index (χ0n) is 15.8. The van der Waals surface area contributed by atoms with Crippen molar-refractivity contribution in [1.29, 1.82) is 0 Å². The lowest BCUT2D eigenvalue weighted by atomic mass is 10.2. The molecule has 146 valence electrons. The maximum Gasteiger partial charge on any atom is 0.238 e. The number of anilines is 1. The van der Waals surface area contributed by atoms with Crippen LogP contribution in [0.2, 0.25) is 5.02 Å². The molecule has 5 nitrogen and oxygen atoms in total. The van der Waals surface area contributed by atoms with Gasteiger partial charge in [-0.1, -0.05) is 35.9 Å². The lowest BCUT2D eigenvalue weighted by molar-refractivity contribution is -0.117. The fourth-order valence-electron chi connectivity index (χ4n) is 3.49. The second kappa shape index (κ2) is 8.57. The van der Waals surface area contributed by atoms with Crippen molar-refractivity contribution in [2.75, 3.05) is 38.0 Å². The van der Waals surface area contributed by atoms with E-state index in [1.165, 1.54) is 4.70 Å². The van der Waals surface area contributed by atoms with Crippen LogP contribution in [0.15, 0.2) is 48.5 Å². The molecule has 2 aromatic carbocycles. The van der Waals surface area contributed by atoms with Crippen molar-refractivity contribution < 1.29 is 4.79 Å². The van der Waals surface area contributed by atoms with Gasteiger partial charge >= 0.3 is 0 Å². The van der Waals surface area contributed by atoms with Crippen molar-refractivity contribution in [2.24, 2.45) is 0 Å². The Morgan fingerprint density at radius 3 is 2.61 bits per heavy atom. The minimum absolute atomic E-state index is 0.0271. The van der Waals surface area contributed by atoms with E-state index in [4.69, 9.17) is 16.6 Å². The van der Waals surface area contributed by atoms with Gasteiger partial charge in [0.15, 0.2) is 0 Å². The highest BCUT2D eigenvalue weighted by atomic mass is 35.5. The summed E-state index contributed by atoms with van der Waals surface area (Å²) in [4.78, 5) is 21.8. The van der Waals surface area contributed by atoms with Gasteiger partial charge in [0.25, 0.3) is 0 Å². The maximum atomic E-state index is 12.3. The molecule has 1 aliphatic heterocycles. The molecule has 0 radical (unpaired) electrons. The van der Waals surface area contributed by atoms with Gasteiger partial charge in [-0.25, -0.2) is 4.98 Å². The van der Waals surface area contributed by atoms with Gasteiger partial charge in [-0.15, -0.1) is 11.3 Å². The third-order valence-electron chi connectivity index (χ3n) is 5.14. The summed E-state index contributed by atoms with van der Waals surface area (Å²) in [6.07, 6.45) is 0. The molecule has 1 aromatic heterocycles. The van der Waals surface area contributed by atoms with Gasteiger partial charge in [-0.2, -0.15) is 0 Å². The Morgan fingerprint density at radius 2 is 1.86 bits per heavy atom. The van der Waals surface area contributed by atoms with Gasteiger partial charge in [0, 0.05) is 26.2 Å². The monoisotopic (exact) mass is 414 g/mol. The van der Waals surface area contributed by atoms with E-state index in [9.17, 15) is 4.79 Å². The average molecular weight is 415 g/mol. The van der Waals surface area contributed by atoms with Crippen LogP contribution in [0.3, 0.4) is 0 Å². The molecule has 4 rings (SSSR count). The van der Waals surface area contributed by atoms with Gasteiger partial charge in [0.2, 0.25) is 5.91 Å². The molecule has 1 amide bonds. The first-order chi connectivity index (χ1) is 13.6. The van der Waals surface area contributed by atoms with Crippen LogP contribution in [0.1, 0.15) is 18.0 Å². The van der Waals surface area contributed by atoms with Crippen molar-refractivity contribution in [3.63, 3.8) is 0 Å². The lowest BCUT2D eigenvalue weighted by Gasteiger charge is -2.37. The van der Waals surface area contributed by atoms with E-state index in [-0.39, 0.29) is 11.9 Å². The van der Waals surface area contributed by atoms with Crippen LogP contribution in [-0.4, -0.2) is 53.4 Å². The van der Waals surface area contributed by atoms with Gasteiger partial charge in [-0.3, -0.25) is 14.6 Å². The summed E-state index contributed by atoms with van der Waals surface area (Å²) in [5.41, 5.74) is 1.74. The topological polar surface area (TPSA) is 48.5 Å². The quantitative estimate of drug-likeness (QED) is 0.677. The van der Waals surface area contributed by atoms with Gasteiger partial charge < -0.3 is 5.32 Å². The number of piperazine rings is 1. The summed E-state index contributed by atoms with van der Waals surface area (Å²) >= 11 is 7.88. The summed E-state index contributed by atoms with van der Waals surface area (Å²) in [5, 5.41) is 4.62. The lowest BCUT2D eigenvalue weighted by Crippen LogP contribution is -2.49. The summed E-state index contributed by atoms with van der Waals surface area (Å²) < 4.78 is 1.24. The number of amides is 1. The SMILES string of the molecule is C[C@@H](c1nc2ccccc2s1)N1CCN(CC(=O)Nc2ccccc2Cl)CC1. The number of hydrogen-bond donors (Lipinski definition) is 1. The number of fused-ring (bicyclic) bond motifs is 1. The van der Waals surface area contributed by atoms with Crippen molar-refractivity contribution in [2.45, 2.75) is 13.0 Å². The zero-order chi connectivity index (χ0) is 19.5. The molecular formula is C21H23ClN4OS. The first-order valence-electron chi connectivity index (χ1n) is 9.46. The number of carbonyl (C=O) groups is 1. The second-order valence-corrected chi connectivity index (χ2v) is 8.51. The molecule has 1 fully saturated rings. The van der Waals surface area contributed by atoms with E-state index in [1.54, 1.807) is 17.4 Å². The minimum Gasteiger partial charge on any atom is -0.324 e. The van der Waals surface area contributed by atoms with Crippen LogP contribution in [0.5, 0.6) is 0 Å². The van der Waals surface area contributed by atoms with Crippen LogP contribution >= 0.6 is 22.9 Å². The van der Waals surface area contributed by atoms with Crippen LogP contribution in [0.4, 0.5) is 5.69 Å². The highest BCUT2D eigenvalue weighted by molar-refractivity contribution is 7.18. The van der Waals surface area contributed by atoms with E-state index in [0.29, 0.717) is 17.3 Å². The Bertz CT molecular complexity index is 935. The third kappa shape index (κ3) is 4.36. The number of halogens is 1. The van der Waals surface area contributed by atoms with Crippen LogP contribution in [-0.2, 0) is 4.79 Å². The first-order valence-corrected chi connectivity index (χ1v) is 10.7. The number of aromatic nitrogens is 1. The normalized spacial score (nSPS) is 16.9. The standard InChI is InChI=1S/C21H23ClN4OS/c1-15(21-24-18-8-4-5-9-19(18)28-21)26-12-10-25(11-13-26)14-20(27)23-17-7-3-2-6-16(17)22/h2-9,15H,10-14H2,1H3,(H,23,27)/t15-/m0/s1. The number of rotatable bonds is 5. The molecule has 0 aliphatic carbocycles. The van der Waals surface area contributed by atoms with E-state index < -0.39 is 0 Å². The van der Waals surface area contributed by atoms with Gasteiger partial charge in [0.1, 0.15) is 5.01 Å². The predicted molar refractivity (Wildman–Crippen MR) is 116 cm³/mol. The molecule has 0 saturated carbocycles. The fraction of sp³-hybridized carbons (Fsp3) is 0.333. The van der Waals surface area contributed by atoms with E-state index in [0.717, 1.165) is 36.7 Å². The molecule has 1 atom stereocenters. The Balaban J connectivity index is 1.30. The van der Waals surface area contributed by atoms with Crippen molar-refractivity contribution >= 4 is 44.7 Å². The maximum absolute atomic E-state index is 12.3. The molecule has 0 unspecified atom stereocenters. The Kier molecular flexibility index (Phi) is 5.92. The van der Waals surface area contributed by atoms with Crippen molar-refractivity contribution in [1.82, 2.24) is 14.8 Å². The minimum atomic E-state index is -0.0271. The molecule has 1 saturated heterocycles. The molecule has 0 spiro atoms. The number of hydrogen-bond acceptors (Lipinski definition) is 5. The smallest absolute Gasteiger partial charge is 0.238 e. The highest BCUT2D eigenvalue weighted by Gasteiger charge is 2.25. The number of carbonyl (C=O) groups excluding carboxylic acids is 1. The Morgan fingerprint density at radius 1 is 1.14 bits per heavy atom. The summed E-state index contributed by atoms with van der Waals surface area (Å²) in [6, 6.07) is 15.9. The van der Waals surface area contributed by atoms with E-state index in [1.807, 2.05) is 24.3 Å². The molecule has 3 aromatic rings. The van der Waals surface area contributed by atoms with Crippen molar-refractivity contribution in [3.05, 3.63) is 58.6 Å². The number of para-hydroxylation sites is 2. The fourth-order valence-corrected chi connectivity index (χ4v) is 4.73. The van der Waals surface area contributed by atoms with E-state index in [2.05, 4.69) is 40.2 Å². The Hall–Kier alpha value is -1.99. The second-order valence-electron chi connectivity index (χ2n) is 7.04. The molecule has 28 heavy (non-hydrogen) atoms. The zero-order valence-corrected chi connectivity index (χ0v) is 17.3. The largest absolute Gasteiger partial charge is 0.324 e. The molecule has 0 bridgehead atoms. The van der Waals surface area contributed by atoms with E-state index >= 15 is 0 Å². The molecule has 2 heterocycles. The van der Waals surface area contributed by atoms with Gasteiger partial charge in [-0.05, 0) is 31.2 Å². The van der Waals surface area contributed by atoms with Crippen LogP contribution in [0.25, 0.3) is 10.2 Å². The van der Waals surface area contributed by atoms with Crippen molar-refractivity contribution in [3.8, 4) is 0 Å². The summed E-state index contributed by atoms with van der Waals surface area (Å²) in [7, 11) is 0. The number of thiazole rings is 1. The van der Waals surface area contributed by atoms with Crippen LogP contribution < -0.4 is 5.32 Å². The molecule has 1 N–H and O–H groups in total. The highest BCUT2D eigenvalue weighted by Crippen LogP contribution is 2.30. The molecule has 7 heteroatoms. The molecule has 1 aliphatic rings. The average Bonchev–Trinajstić information content (AvgIpc) is 3.14. The summed E-state index contributed by atoms with van der Waals surface area (Å²) in [5.74, 6) is -0.0271. The number of benzene rings is 2. The summed E-state index contributed by atoms with van der Waals surface area (Å²) in [6.45, 7) is 6.19. The third-order valence-corrected chi connectivity index (χ3v) is 6.67. The van der Waals surface area contributed by atoms with Gasteiger partial charge in [0.05, 0.1) is 33.5 Å². The number of nitrogens with zero attached hydrogens (tertiary/aromatic N) is 3. The Labute approximate surface area is 173 Å². The first kappa shape index (κ1) is 19.3. The molecular weight excluding hydrogens is 392 g/mol. The van der Waals surface area contributed by atoms with Crippen LogP contribution in [0, 0.1) is 0 Å².